The average Bonchev–Trinajstić information content (AvgIpc) is 2.35. The number of nitriles is 1. The van der Waals surface area contributed by atoms with Gasteiger partial charge in [0.15, 0.2) is 0 Å². The molecule has 2 rings (SSSR count). The van der Waals surface area contributed by atoms with Crippen molar-refractivity contribution in [2.75, 3.05) is 11.4 Å². The molecule has 0 aliphatic heterocycles. The molecule has 0 heterocycles. The van der Waals surface area contributed by atoms with E-state index in [4.69, 9.17) is 0 Å². The van der Waals surface area contributed by atoms with Crippen LogP contribution in [0.3, 0.4) is 0 Å². The minimum atomic E-state index is -0.792. The lowest BCUT2D eigenvalue weighted by molar-refractivity contribution is -0.131. The topological polar surface area (TPSA) is 44.1 Å². The number of rotatable bonds is 3. The summed E-state index contributed by atoms with van der Waals surface area (Å²) < 4.78 is 0. The zero-order valence-electron chi connectivity index (χ0n) is 11.8. The molecule has 0 bridgehead atoms. The highest BCUT2D eigenvalue weighted by Gasteiger charge is 2.50. The summed E-state index contributed by atoms with van der Waals surface area (Å²) in [5.41, 5.74) is 1.22. The highest BCUT2D eigenvalue weighted by Crippen LogP contribution is 2.46. The second-order valence-electron chi connectivity index (χ2n) is 5.60. The van der Waals surface area contributed by atoms with Crippen LogP contribution in [0.5, 0.6) is 0 Å². The average molecular weight is 256 g/mol. The highest BCUT2D eigenvalue weighted by atomic mass is 16.2. The summed E-state index contributed by atoms with van der Waals surface area (Å²) in [6.45, 7) is 6.65. The van der Waals surface area contributed by atoms with Crippen molar-refractivity contribution in [3.05, 3.63) is 29.8 Å². The van der Waals surface area contributed by atoms with Crippen molar-refractivity contribution in [3.8, 4) is 6.07 Å². The molecule has 0 radical (unpaired) electrons. The van der Waals surface area contributed by atoms with Crippen LogP contribution in [0.2, 0.25) is 0 Å². The van der Waals surface area contributed by atoms with Gasteiger partial charge in [-0.25, -0.2) is 0 Å². The van der Waals surface area contributed by atoms with E-state index >= 15 is 0 Å². The maximum absolute atomic E-state index is 12.7. The van der Waals surface area contributed by atoms with Gasteiger partial charge in [-0.05, 0) is 50.3 Å². The largest absolute Gasteiger partial charge is 0.311 e. The van der Waals surface area contributed by atoms with Gasteiger partial charge < -0.3 is 4.90 Å². The first-order valence-electron chi connectivity index (χ1n) is 6.82. The molecule has 1 saturated carbocycles. The van der Waals surface area contributed by atoms with Crippen LogP contribution in [0.1, 0.15) is 32.3 Å². The fraction of sp³-hybridized carbons (Fsp3) is 0.500. The van der Waals surface area contributed by atoms with Crippen LogP contribution in [0, 0.1) is 29.6 Å². The van der Waals surface area contributed by atoms with E-state index in [9.17, 15) is 10.1 Å². The Morgan fingerprint density at radius 3 is 2.68 bits per heavy atom. The maximum atomic E-state index is 12.7. The van der Waals surface area contributed by atoms with E-state index in [1.54, 1.807) is 4.90 Å². The molecular formula is C16H20N2O. The van der Waals surface area contributed by atoms with E-state index in [2.05, 4.69) is 13.0 Å². The Morgan fingerprint density at radius 1 is 1.53 bits per heavy atom. The molecule has 100 valence electrons. The van der Waals surface area contributed by atoms with Crippen molar-refractivity contribution >= 4 is 11.6 Å². The van der Waals surface area contributed by atoms with Crippen LogP contribution in [0.15, 0.2) is 24.3 Å². The Kier molecular flexibility index (Phi) is 3.61. The summed E-state index contributed by atoms with van der Waals surface area (Å²) >= 11 is 0. The lowest BCUT2D eigenvalue weighted by atomic mass is 9.62. The summed E-state index contributed by atoms with van der Waals surface area (Å²) in [7, 11) is 0. The third kappa shape index (κ3) is 2.35. The van der Waals surface area contributed by atoms with Gasteiger partial charge in [-0.2, -0.15) is 5.26 Å². The van der Waals surface area contributed by atoms with E-state index < -0.39 is 5.41 Å². The zero-order chi connectivity index (χ0) is 14.0. The molecule has 0 saturated heterocycles. The SMILES string of the molecule is CCN(C(=O)C1(C#N)CC(C)C1)c1cccc(C)c1. The van der Waals surface area contributed by atoms with E-state index in [1.165, 1.54) is 0 Å². The fourth-order valence-electron chi connectivity index (χ4n) is 2.94. The first-order chi connectivity index (χ1) is 9.02. The molecular weight excluding hydrogens is 236 g/mol. The van der Waals surface area contributed by atoms with Crippen molar-refractivity contribution < 1.29 is 4.79 Å². The normalized spacial score (nSPS) is 25.3. The second kappa shape index (κ2) is 5.05. The molecule has 0 atom stereocenters. The van der Waals surface area contributed by atoms with Crippen LogP contribution in [-0.4, -0.2) is 12.5 Å². The third-order valence-corrected chi connectivity index (χ3v) is 3.89. The molecule has 1 aromatic rings. The van der Waals surface area contributed by atoms with Crippen LogP contribution in [0.4, 0.5) is 5.69 Å². The number of anilines is 1. The van der Waals surface area contributed by atoms with Gasteiger partial charge in [-0.3, -0.25) is 4.79 Å². The quantitative estimate of drug-likeness (QED) is 0.833. The number of hydrogen-bond donors (Lipinski definition) is 0. The van der Waals surface area contributed by atoms with E-state index in [0.717, 1.165) is 11.3 Å². The lowest BCUT2D eigenvalue weighted by Gasteiger charge is -2.42. The number of nitrogens with zero attached hydrogens (tertiary/aromatic N) is 2. The third-order valence-electron chi connectivity index (χ3n) is 3.89. The summed E-state index contributed by atoms with van der Waals surface area (Å²) in [6.07, 6.45) is 1.37. The molecule has 1 aromatic carbocycles. The molecule has 19 heavy (non-hydrogen) atoms. The fourth-order valence-corrected chi connectivity index (χ4v) is 2.94. The maximum Gasteiger partial charge on any atom is 0.247 e. The van der Waals surface area contributed by atoms with Gasteiger partial charge in [0, 0.05) is 12.2 Å². The van der Waals surface area contributed by atoms with Crippen LogP contribution in [0.25, 0.3) is 0 Å². The number of aryl methyl sites for hydroxylation is 1. The molecule has 3 nitrogen and oxygen atoms in total. The Bertz CT molecular complexity index is 524. The molecule has 1 amide bonds. The van der Waals surface area contributed by atoms with E-state index in [0.29, 0.717) is 25.3 Å². The first-order valence-corrected chi connectivity index (χ1v) is 6.82. The van der Waals surface area contributed by atoms with Crippen molar-refractivity contribution in [2.45, 2.75) is 33.6 Å². The Labute approximate surface area is 114 Å². The summed E-state index contributed by atoms with van der Waals surface area (Å²) in [5.74, 6) is 0.431. The van der Waals surface area contributed by atoms with Gasteiger partial charge in [0.1, 0.15) is 5.41 Å². The van der Waals surface area contributed by atoms with Crippen molar-refractivity contribution in [1.82, 2.24) is 0 Å². The minimum Gasteiger partial charge on any atom is -0.311 e. The van der Waals surface area contributed by atoms with Gasteiger partial charge in [0.2, 0.25) is 5.91 Å². The Balaban J connectivity index is 2.28. The van der Waals surface area contributed by atoms with Crippen LogP contribution in [-0.2, 0) is 4.79 Å². The van der Waals surface area contributed by atoms with Gasteiger partial charge in [0.25, 0.3) is 0 Å². The molecule has 3 heteroatoms. The predicted molar refractivity (Wildman–Crippen MR) is 75.7 cm³/mol. The summed E-state index contributed by atoms with van der Waals surface area (Å²) in [5, 5.41) is 9.37. The molecule has 0 unspecified atom stereocenters. The highest BCUT2D eigenvalue weighted by molar-refractivity contribution is 6.00. The number of carbonyl (C=O) groups excluding carboxylic acids is 1. The predicted octanol–water partition coefficient (Wildman–Crippen LogP) is 3.29. The van der Waals surface area contributed by atoms with Crippen LogP contribution < -0.4 is 4.90 Å². The van der Waals surface area contributed by atoms with E-state index in [-0.39, 0.29) is 5.91 Å². The van der Waals surface area contributed by atoms with Crippen LogP contribution >= 0.6 is 0 Å². The number of amides is 1. The Morgan fingerprint density at radius 2 is 2.21 bits per heavy atom. The second-order valence-corrected chi connectivity index (χ2v) is 5.60. The molecule has 0 spiro atoms. The summed E-state index contributed by atoms with van der Waals surface area (Å²) in [6, 6.07) is 10.1. The van der Waals surface area contributed by atoms with Gasteiger partial charge in [-0.1, -0.05) is 19.1 Å². The van der Waals surface area contributed by atoms with Gasteiger partial charge in [-0.15, -0.1) is 0 Å². The number of hydrogen-bond acceptors (Lipinski definition) is 2. The standard InChI is InChI=1S/C16H20N2O/c1-4-18(14-7-5-6-12(2)8-14)15(19)16(11-17)9-13(3)10-16/h5-8,13H,4,9-10H2,1-3H3. The Hall–Kier alpha value is -1.82. The lowest BCUT2D eigenvalue weighted by Crippen LogP contribution is -2.50. The molecule has 0 aromatic heterocycles. The summed E-state index contributed by atoms with van der Waals surface area (Å²) in [4.78, 5) is 14.4. The van der Waals surface area contributed by atoms with Crippen molar-refractivity contribution in [1.29, 1.82) is 5.26 Å². The smallest absolute Gasteiger partial charge is 0.247 e. The minimum absolute atomic E-state index is 0.0406. The van der Waals surface area contributed by atoms with Crippen molar-refractivity contribution in [2.24, 2.45) is 11.3 Å². The zero-order valence-corrected chi connectivity index (χ0v) is 11.8. The van der Waals surface area contributed by atoms with Crippen molar-refractivity contribution in [3.63, 3.8) is 0 Å². The molecule has 0 N–H and O–H groups in total. The van der Waals surface area contributed by atoms with Gasteiger partial charge >= 0.3 is 0 Å². The van der Waals surface area contributed by atoms with E-state index in [1.807, 2.05) is 38.1 Å². The molecule has 1 aliphatic carbocycles. The van der Waals surface area contributed by atoms with Gasteiger partial charge in [0.05, 0.1) is 6.07 Å². The molecule has 1 aliphatic rings. The number of carbonyl (C=O) groups is 1. The number of benzene rings is 1. The molecule has 1 fully saturated rings. The first kappa shape index (κ1) is 13.6. The monoisotopic (exact) mass is 256 g/mol.